The summed E-state index contributed by atoms with van der Waals surface area (Å²) in [6.45, 7) is 10.8. The first-order valence-corrected chi connectivity index (χ1v) is 7.56. The molecular formula is C8H19NOSi. The Morgan fingerprint density at radius 2 is 1.82 bits per heavy atom. The predicted molar refractivity (Wildman–Crippen MR) is 53.0 cm³/mol. The van der Waals surface area contributed by atoms with Gasteiger partial charge in [0.05, 0.1) is 14.7 Å². The Morgan fingerprint density at radius 3 is 1.91 bits per heavy atom. The molecule has 0 spiro atoms. The maximum absolute atomic E-state index is 9.01. The van der Waals surface area contributed by atoms with Crippen molar-refractivity contribution >= 4 is 13.4 Å². The van der Waals surface area contributed by atoms with E-state index in [9.17, 15) is 0 Å². The Balaban J connectivity index is 4.41. The number of nitrogens with zero attached hydrogens (tertiary/aromatic N) is 1. The number of aliphatic hydroxyl groups is 1. The minimum atomic E-state index is -1.35. The van der Waals surface area contributed by atoms with Crippen LogP contribution in [0.1, 0.15) is 13.8 Å². The van der Waals surface area contributed by atoms with Crippen LogP contribution >= 0.6 is 0 Å². The van der Waals surface area contributed by atoms with Crippen molar-refractivity contribution < 1.29 is 5.11 Å². The first kappa shape index (κ1) is 10.8. The summed E-state index contributed by atoms with van der Waals surface area (Å²) >= 11 is 0. The molecule has 0 aliphatic rings. The average molecular weight is 173 g/mol. The molecule has 0 radical (unpaired) electrons. The summed E-state index contributed by atoms with van der Waals surface area (Å²) in [6.07, 6.45) is 0. The van der Waals surface area contributed by atoms with Gasteiger partial charge in [0.25, 0.3) is 0 Å². The van der Waals surface area contributed by atoms with Crippen molar-refractivity contribution in [3.8, 4) is 0 Å². The molecule has 0 rings (SSSR count). The second-order valence-corrected chi connectivity index (χ2v) is 9.15. The molecule has 0 aromatic carbocycles. The molecule has 0 bridgehead atoms. The smallest absolute Gasteiger partial charge is 0.0984 e. The van der Waals surface area contributed by atoms with E-state index in [-0.39, 0.29) is 6.61 Å². The lowest BCUT2D eigenvalue weighted by atomic mass is 10.4. The summed E-state index contributed by atoms with van der Waals surface area (Å²) in [5.74, 6) is 0. The Bertz CT molecular complexity index is 147. The van der Waals surface area contributed by atoms with Crippen molar-refractivity contribution in [2.75, 3.05) is 6.61 Å². The Labute approximate surface area is 70.4 Å². The van der Waals surface area contributed by atoms with Crippen molar-refractivity contribution in [1.82, 2.24) is 0 Å². The number of rotatable bonds is 3. The Morgan fingerprint density at radius 1 is 1.36 bits per heavy atom. The van der Waals surface area contributed by atoms with E-state index in [4.69, 9.17) is 5.11 Å². The number of aliphatic imine (C=N–C) groups is 1. The molecule has 11 heavy (non-hydrogen) atoms. The van der Waals surface area contributed by atoms with Gasteiger partial charge in [-0.15, -0.1) is 0 Å². The zero-order chi connectivity index (χ0) is 9.07. The highest BCUT2D eigenvalue weighted by Gasteiger charge is 2.20. The molecule has 0 heterocycles. The zero-order valence-electron chi connectivity index (χ0n) is 8.18. The largest absolute Gasteiger partial charge is 0.391 e. The van der Waals surface area contributed by atoms with Crippen LogP contribution in [0.4, 0.5) is 0 Å². The van der Waals surface area contributed by atoms with Crippen LogP contribution in [-0.4, -0.2) is 31.2 Å². The third-order valence-electron chi connectivity index (χ3n) is 1.43. The summed E-state index contributed by atoms with van der Waals surface area (Å²) in [6, 6.07) is 0.309. The van der Waals surface area contributed by atoms with E-state index in [1.807, 2.05) is 13.8 Å². The van der Waals surface area contributed by atoms with Crippen LogP contribution < -0.4 is 0 Å². The lowest BCUT2D eigenvalue weighted by molar-refractivity contribution is 0.358. The number of hydrogen-bond donors (Lipinski definition) is 1. The molecule has 0 fully saturated rings. The van der Waals surface area contributed by atoms with Gasteiger partial charge in [-0.05, 0) is 13.8 Å². The molecule has 0 amide bonds. The van der Waals surface area contributed by atoms with Crippen LogP contribution in [0.5, 0.6) is 0 Å². The normalized spacial score (nSPS) is 14.3. The van der Waals surface area contributed by atoms with E-state index in [1.54, 1.807) is 0 Å². The van der Waals surface area contributed by atoms with Crippen molar-refractivity contribution in [2.45, 2.75) is 39.5 Å². The summed E-state index contributed by atoms with van der Waals surface area (Å²) in [5, 5.41) is 10.0. The molecule has 0 saturated carbocycles. The van der Waals surface area contributed by atoms with Gasteiger partial charge in [-0.3, -0.25) is 4.99 Å². The fourth-order valence-electron chi connectivity index (χ4n) is 0.783. The molecule has 0 aliphatic carbocycles. The van der Waals surface area contributed by atoms with Gasteiger partial charge in [-0.1, -0.05) is 19.6 Å². The third kappa shape index (κ3) is 4.32. The van der Waals surface area contributed by atoms with Crippen LogP contribution in [0.25, 0.3) is 0 Å². The van der Waals surface area contributed by atoms with Crippen molar-refractivity contribution in [3.05, 3.63) is 0 Å². The highest BCUT2D eigenvalue weighted by Crippen LogP contribution is 2.05. The van der Waals surface area contributed by atoms with E-state index >= 15 is 0 Å². The van der Waals surface area contributed by atoms with Crippen molar-refractivity contribution in [2.24, 2.45) is 4.99 Å². The molecular weight excluding hydrogens is 154 g/mol. The lowest BCUT2D eigenvalue weighted by Gasteiger charge is -2.18. The molecule has 0 aromatic rings. The molecule has 0 aliphatic heterocycles. The van der Waals surface area contributed by atoms with Crippen LogP contribution in [-0.2, 0) is 0 Å². The minimum Gasteiger partial charge on any atom is -0.391 e. The standard InChI is InChI=1S/C8H19NOSi/c1-7(2)9-8(6-10)11(3,4)5/h7,10H,6H2,1-5H3. The summed E-state index contributed by atoms with van der Waals surface area (Å²) in [7, 11) is -1.35. The Hall–Kier alpha value is -0.153. The van der Waals surface area contributed by atoms with Gasteiger partial charge in [-0.25, -0.2) is 0 Å². The van der Waals surface area contributed by atoms with E-state index in [0.29, 0.717) is 6.04 Å². The van der Waals surface area contributed by atoms with Crippen LogP contribution in [0.15, 0.2) is 4.99 Å². The summed E-state index contributed by atoms with van der Waals surface area (Å²) < 4.78 is 0. The highest BCUT2D eigenvalue weighted by molar-refractivity contribution is 7.04. The molecule has 0 aromatic heterocycles. The van der Waals surface area contributed by atoms with Gasteiger partial charge in [0.2, 0.25) is 0 Å². The van der Waals surface area contributed by atoms with Crippen LogP contribution in [0, 0.1) is 0 Å². The molecule has 3 heteroatoms. The molecule has 0 atom stereocenters. The van der Waals surface area contributed by atoms with Crippen molar-refractivity contribution in [3.63, 3.8) is 0 Å². The lowest BCUT2D eigenvalue weighted by Crippen LogP contribution is -2.36. The molecule has 0 unspecified atom stereocenters. The van der Waals surface area contributed by atoms with Gasteiger partial charge in [0.1, 0.15) is 0 Å². The van der Waals surface area contributed by atoms with E-state index in [0.717, 1.165) is 5.33 Å². The zero-order valence-corrected chi connectivity index (χ0v) is 9.18. The Kier molecular flexibility index (Phi) is 3.96. The highest BCUT2D eigenvalue weighted by atomic mass is 28.3. The fourth-order valence-corrected chi connectivity index (χ4v) is 1.90. The first-order chi connectivity index (χ1) is 4.88. The molecule has 0 saturated heterocycles. The summed E-state index contributed by atoms with van der Waals surface area (Å²) in [4.78, 5) is 4.40. The van der Waals surface area contributed by atoms with Crippen LogP contribution in [0.3, 0.4) is 0 Å². The van der Waals surface area contributed by atoms with E-state index in [1.165, 1.54) is 0 Å². The number of hydrogen-bond acceptors (Lipinski definition) is 2. The van der Waals surface area contributed by atoms with Gasteiger partial charge >= 0.3 is 0 Å². The maximum atomic E-state index is 9.01. The number of aliphatic hydroxyl groups excluding tert-OH is 1. The third-order valence-corrected chi connectivity index (χ3v) is 3.45. The second-order valence-electron chi connectivity index (χ2n) is 4.08. The topological polar surface area (TPSA) is 32.6 Å². The monoisotopic (exact) mass is 173 g/mol. The maximum Gasteiger partial charge on any atom is 0.0984 e. The minimum absolute atomic E-state index is 0.133. The predicted octanol–water partition coefficient (Wildman–Crippen LogP) is 1.71. The van der Waals surface area contributed by atoms with Crippen LogP contribution in [0.2, 0.25) is 19.6 Å². The quantitative estimate of drug-likeness (QED) is 0.511. The van der Waals surface area contributed by atoms with E-state index < -0.39 is 8.07 Å². The first-order valence-electron chi connectivity index (χ1n) is 4.06. The molecule has 1 N–H and O–H groups in total. The molecule has 66 valence electrons. The fraction of sp³-hybridized carbons (Fsp3) is 0.875. The van der Waals surface area contributed by atoms with E-state index in [2.05, 4.69) is 24.6 Å². The molecule has 2 nitrogen and oxygen atoms in total. The van der Waals surface area contributed by atoms with Crippen molar-refractivity contribution in [1.29, 1.82) is 0 Å². The second kappa shape index (κ2) is 4.02. The van der Waals surface area contributed by atoms with Gasteiger partial charge < -0.3 is 5.11 Å². The van der Waals surface area contributed by atoms with Gasteiger partial charge in [0, 0.05) is 11.4 Å². The average Bonchev–Trinajstić information content (AvgIpc) is 1.79. The SMILES string of the molecule is CC(C)N=C(CO)[Si](C)(C)C. The summed E-state index contributed by atoms with van der Waals surface area (Å²) in [5.41, 5.74) is 0. The van der Waals surface area contributed by atoms with Gasteiger partial charge in [-0.2, -0.15) is 0 Å². The van der Waals surface area contributed by atoms with Gasteiger partial charge in [0.15, 0.2) is 0 Å².